The summed E-state index contributed by atoms with van der Waals surface area (Å²) in [5.74, 6) is 0. The third kappa shape index (κ3) is 4.22. The molecule has 0 radical (unpaired) electrons. The zero-order valence-corrected chi connectivity index (χ0v) is 8.78. The molecule has 0 saturated heterocycles. The van der Waals surface area contributed by atoms with Gasteiger partial charge in [-0.1, -0.05) is 12.1 Å². The highest BCUT2D eigenvalue weighted by Gasteiger charge is 2.11. The van der Waals surface area contributed by atoms with E-state index in [1.165, 1.54) is 30.3 Å². The summed E-state index contributed by atoms with van der Waals surface area (Å²) in [6.07, 6.45) is 2.01. The molecular weight excluding hydrogens is 237 g/mol. The fraction of sp³-hybridized carbons (Fsp3) is 0. The molecule has 0 saturated carbocycles. The summed E-state index contributed by atoms with van der Waals surface area (Å²) in [4.78, 5) is 26.6. The summed E-state index contributed by atoms with van der Waals surface area (Å²) in [5.41, 5.74) is 0.293. The minimum Gasteiger partial charge on any atom is -0.412 e. The predicted molar refractivity (Wildman–Crippen MR) is 55.3 cm³/mol. The first kappa shape index (κ1) is 12.4. The molecule has 86 valence electrons. The van der Waals surface area contributed by atoms with Crippen molar-refractivity contribution in [3.05, 3.63) is 46.2 Å². The summed E-state index contributed by atoms with van der Waals surface area (Å²) in [6, 6.07) is 5.54. The molecule has 0 unspecified atom stereocenters. The van der Waals surface area contributed by atoms with Crippen LogP contribution in [0.1, 0.15) is 5.56 Å². The van der Waals surface area contributed by atoms with E-state index in [0.717, 1.165) is 6.26 Å². The number of nitro groups is 1. The highest BCUT2D eigenvalue weighted by atomic mass is 31.2. The Bertz CT molecular complexity index is 465. The monoisotopic (exact) mass is 245 g/mol. The lowest BCUT2D eigenvalue weighted by Gasteiger charge is -1.99. The highest BCUT2D eigenvalue weighted by molar-refractivity contribution is 7.46. The van der Waals surface area contributed by atoms with Gasteiger partial charge in [-0.15, -0.1) is 0 Å². The molecule has 0 aromatic heterocycles. The molecule has 16 heavy (non-hydrogen) atoms. The highest BCUT2D eigenvalue weighted by Crippen LogP contribution is 2.36. The molecule has 0 atom stereocenters. The van der Waals surface area contributed by atoms with E-state index in [9.17, 15) is 14.7 Å². The summed E-state index contributed by atoms with van der Waals surface area (Å²) >= 11 is 0. The van der Waals surface area contributed by atoms with E-state index in [1.54, 1.807) is 0 Å². The Morgan fingerprint density at radius 2 is 2.12 bits per heavy atom. The van der Waals surface area contributed by atoms with E-state index >= 15 is 0 Å². The van der Waals surface area contributed by atoms with Crippen LogP contribution < -0.4 is 0 Å². The molecule has 1 aromatic rings. The Kier molecular flexibility index (Phi) is 3.78. The van der Waals surface area contributed by atoms with Crippen LogP contribution in [0.2, 0.25) is 0 Å². The van der Waals surface area contributed by atoms with E-state index in [-0.39, 0.29) is 5.69 Å². The van der Waals surface area contributed by atoms with Gasteiger partial charge >= 0.3 is 7.82 Å². The maximum atomic E-state index is 10.4. The van der Waals surface area contributed by atoms with Crippen molar-refractivity contribution in [3.63, 3.8) is 0 Å². The van der Waals surface area contributed by atoms with E-state index < -0.39 is 12.7 Å². The number of hydrogen-bond donors (Lipinski definition) is 2. The third-order valence-corrected chi connectivity index (χ3v) is 1.94. The van der Waals surface area contributed by atoms with Crippen LogP contribution in [0.15, 0.2) is 30.5 Å². The first-order valence-electron chi connectivity index (χ1n) is 4.03. The molecule has 2 N–H and O–H groups in total. The maximum Gasteiger partial charge on any atom is 0.524 e. The first-order valence-corrected chi connectivity index (χ1v) is 5.56. The van der Waals surface area contributed by atoms with Crippen molar-refractivity contribution in [2.45, 2.75) is 0 Å². The summed E-state index contributed by atoms with van der Waals surface area (Å²) in [7, 11) is -4.55. The Balaban J connectivity index is 2.78. The topological polar surface area (TPSA) is 110 Å². The lowest BCUT2D eigenvalue weighted by molar-refractivity contribution is -0.384. The molecule has 1 aromatic carbocycles. The number of non-ortho nitro benzene ring substituents is 1. The second-order valence-electron chi connectivity index (χ2n) is 2.75. The molecule has 0 spiro atoms. The second kappa shape index (κ2) is 4.89. The zero-order valence-electron chi connectivity index (χ0n) is 7.89. The van der Waals surface area contributed by atoms with Gasteiger partial charge in [0, 0.05) is 12.1 Å². The van der Waals surface area contributed by atoms with Crippen LogP contribution in [-0.4, -0.2) is 14.7 Å². The maximum absolute atomic E-state index is 10.4. The minimum atomic E-state index is -4.55. The van der Waals surface area contributed by atoms with Crippen molar-refractivity contribution < 1.29 is 23.8 Å². The Morgan fingerprint density at radius 1 is 1.44 bits per heavy atom. The van der Waals surface area contributed by atoms with Crippen molar-refractivity contribution in [1.82, 2.24) is 0 Å². The fourth-order valence-corrected chi connectivity index (χ4v) is 1.15. The lowest BCUT2D eigenvalue weighted by atomic mass is 10.2. The van der Waals surface area contributed by atoms with E-state index in [2.05, 4.69) is 4.52 Å². The molecular formula is C8H8NO6P. The van der Waals surface area contributed by atoms with Crippen molar-refractivity contribution >= 4 is 19.6 Å². The van der Waals surface area contributed by atoms with Crippen molar-refractivity contribution in [3.8, 4) is 0 Å². The average molecular weight is 245 g/mol. The Hall–Kier alpha value is -1.69. The van der Waals surface area contributed by atoms with E-state index in [4.69, 9.17) is 9.79 Å². The molecule has 1 rings (SSSR count). The lowest BCUT2D eigenvalue weighted by Crippen LogP contribution is -1.87. The smallest absolute Gasteiger partial charge is 0.412 e. The number of nitrogens with zero attached hydrogens (tertiary/aromatic N) is 1. The molecule has 8 heteroatoms. The Labute approximate surface area is 90.4 Å². The van der Waals surface area contributed by atoms with Crippen LogP contribution >= 0.6 is 7.82 Å². The average Bonchev–Trinajstić information content (AvgIpc) is 2.16. The third-order valence-electron chi connectivity index (χ3n) is 1.54. The van der Waals surface area contributed by atoms with Crippen LogP contribution in [0.5, 0.6) is 0 Å². The molecule has 0 fully saturated rings. The summed E-state index contributed by atoms with van der Waals surface area (Å²) in [6.45, 7) is 0. The van der Waals surface area contributed by atoms with Gasteiger partial charge in [0.1, 0.15) is 0 Å². The number of rotatable bonds is 4. The van der Waals surface area contributed by atoms with Crippen LogP contribution in [0.4, 0.5) is 5.69 Å². The van der Waals surface area contributed by atoms with Crippen molar-refractivity contribution in [1.29, 1.82) is 0 Å². The number of nitro benzene ring substituents is 1. The van der Waals surface area contributed by atoms with Gasteiger partial charge in [-0.05, 0) is 11.6 Å². The van der Waals surface area contributed by atoms with Gasteiger partial charge in [-0.2, -0.15) is 0 Å². The van der Waals surface area contributed by atoms with Crippen LogP contribution in [-0.2, 0) is 9.09 Å². The van der Waals surface area contributed by atoms with E-state index in [1.807, 2.05) is 0 Å². The normalized spacial score (nSPS) is 11.6. The molecule has 0 aliphatic carbocycles. The molecule has 0 amide bonds. The van der Waals surface area contributed by atoms with Gasteiger partial charge < -0.3 is 4.52 Å². The molecule has 0 aliphatic heterocycles. The number of benzene rings is 1. The predicted octanol–water partition coefficient (Wildman–Crippen LogP) is 1.67. The fourth-order valence-electron chi connectivity index (χ4n) is 0.930. The van der Waals surface area contributed by atoms with Gasteiger partial charge in [0.25, 0.3) is 5.69 Å². The quantitative estimate of drug-likeness (QED) is 0.361. The van der Waals surface area contributed by atoms with Crippen molar-refractivity contribution in [2.24, 2.45) is 0 Å². The van der Waals surface area contributed by atoms with Gasteiger partial charge in [0.2, 0.25) is 0 Å². The van der Waals surface area contributed by atoms with E-state index in [0.29, 0.717) is 5.56 Å². The molecule has 0 bridgehead atoms. The minimum absolute atomic E-state index is 0.113. The zero-order chi connectivity index (χ0) is 12.2. The van der Waals surface area contributed by atoms with Gasteiger partial charge in [0.15, 0.2) is 0 Å². The Morgan fingerprint density at radius 3 is 2.69 bits per heavy atom. The summed E-state index contributed by atoms with van der Waals surface area (Å²) in [5, 5.41) is 10.4. The SMILES string of the molecule is O=[N+]([O-])c1cccc(C=COP(=O)(O)O)c1. The van der Waals surface area contributed by atoms with Gasteiger partial charge in [-0.25, -0.2) is 4.57 Å². The van der Waals surface area contributed by atoms with Crippen LogP contribution in [0.3, 0.4) is 0 Å². The van der Waals surface area contributed by atoms with Crippen LogP contribution in [0.25, 0.3) is 6.08 Å². The number of hydrogen-bond acceptors (Lipinski definition) is 4. The largest absolute Gasteiger partial charge is 0.524 e. The molecule has 0 aliphatic rings. The first-order chi connectivity index (χ1) is 7.38. The second-order valence-corrected chi connectivity index (χ2v) is 3.94. The number of phosphoric ester groups is 1. The van der Waals surface area contributed by atoms with Crippen LogP contribution in [0, 0.1) is 10.1 Å². The number of phosphoric acid groups is 1. The van der Waals surface area contributed by atoms with Gasteiger partial charge in [0.05, 0.1) is 11.2 Å². The molecule has 0 heterocycles. The standard InChI is InChI=1S/C8H8NO6P/c10-9(11)8-3-1-2-7(6-8)4-5-15-16(12,13)14/h1-6H,(H2,12,13,14). The molecule has 7 nitrogen and oxygen atoms in total. The summed E-state index contributed by atoms with van der Waals surface area (Å²) < 4.78 is 14.4. The van der Waals surface area contributed by atoms with Gasteiger partial charge in [-0.3, -0.25) is 19.9 Å². The van der Waals surface area contributed by atoms with Crippen molar-refractivity contribution in [2.75, 3.05) is 0 Å².